The van der Waals surface area contributed by atoms with E-state index in [1.54, 1.807) is 6.07 Å². The number of halogens is 1. The van der Waals surface area contributed by atoms with Gasteiger partial charge >= 0.3 is 0 Å². The van der Waals surface area contributed by atoms with Gasteiger partial charge in [0.15, 0.2) is 0 Å². The molecule has 0 radical (unpaired) electrons. The minimum absolute atomic E-state index is 0.104. The van der Waals surface area contributed by atoms with Crippen molar-refractivity contribution in [2.75, 3.05) is 6.54 Å². The Bertz CT molecular complexity index is 432. The molecule has 0 aliphatic heterocycles. The van der Waals surface area contributed by atoms with Crippen molar-refractivity contribution in [1.82, 2.24) is 0 Å². The van der Waals surface area contributed by atoms with Gasteiger partial charge < -0.3 is 10.8 Å². The second-order valence-corrected chi connectivity index (χ2v) is 6.26. The maximum absolute atomic E-state index is 13.2. The molecule has 18 heavy (non-hydrogen) atoms. The third-order valence-electron chi connectivity index (χ3n) is 4.44. The Morgan fingerprint density at radius 1 is 1.39 bits per heavy atom. The number of hydrogen-bond donors (Lipinski definition) is 2. The number of hydrogen-bond acceptors (Lipinski definition) is 2. The molecule has 1 aromatic carbocycles. The van der Waals surface area contributed by atoms with E-state index in [0.717, 1.165) is 18.4 Å². The standard InChI is InChI=1S/C15H22FNO/c1-14(2)6-7-15(10-17,13(14)18)9-11-4-3-5-12(16)8-11/h3-5,8,13,18H,6-7,9-10,17H2,1-2H3. The Hall–Kier alpha value is -0.930. The van der Waals surface area contributed by atoms with Crippen LogP contribution in [-0.2, 0) is 6.42 Å². The molecule has 1 fully saturated rings. The van der Waals surface area contributed by atoms with Crippen LogP contribution in [0.25, 0.3) is 0 Å². The zero-order chi connectivity index (χ0) is 13.4. The average molecular weight is 251 g/mol. The van der Waals surface area contributed by atoms with E-state index in [9.17, 15) is 9.50 Å². The first-order chi connectivity index (χ1) is 8.39. The Balaban J connectivity index is 2.25. The Morgan fingerprint density at radius 3 is 2.61 bits per heavy atom. The fourth-order valence-corrected chi connectivity index (χ4v) is 3.20. The molecule has 0 heterocycles. The predicted octanol–water partition coefficient (Wildman–Crippen LogP) is 2.49. The lowest BCUT2D eigenvalue weighted by Crippen LogP contribution is -2.44. The number of aliphatic hydroxyl groups excluding tert-OH is 1. The van der Waals surface area contributed by atoms with Crippen molar-refractivity contribution in [3.63, 3.8) is 0 Å². The Kier molecular flexibility index (Phi) is 3.47. The van der Waals surface area contributed by atoms with E-state index in [1.807, 2.05) is 6.07 Å². The number of aliphatic hydroxyl groups is 1. The number of benzene rings is 1. The van der Waals surface area contributed by atoms with Crippen LogP contribution >= 0.6 is 0 Å². The van der Waals surface area contributed by atoms with Crippen LogP contribution in [0.1, 0.15) is 32.3 Å². The summed E-state index contributed by atoms with van der Waals surface area (Å²) in [4.78, 5) is 0. The van der Waals surface area contributed by atoms with Crippen LogP contribution in [0.15, 0.2) is 24.3 Å². The molecule has 1 aliphatic carbocycles. The summed E-state index contributed by atoms with van der Waals surface area (Å²) in [5, 5.41) is 10.5. The summed E-state index contributed by atoms with van der Waals surface area (Å²) in [6, 6.07) is 6.59. The highest BCUT2D eigenvalue weighted by Crippen LogP contribution is 2.50. The van der Waals surface area contributed by atoms with Crippen LogP contribution in [0.5, 0.6) is 0 Å². The highest BCUT2D eigenvalue weighted by molar-refractivity contribution is 5.20. The Morgan fingerprint density at radius 2 is 2.11 bits per heavy atom. The first-order valence-electron chi connectivity index (χ1n) is 6.52. The molecule has 0 spiro atoms. The summed E-state index contributed by atoms with van der Waals surface area (Å²) in [6.45, 7) is 4.58. The van der Waals surface area contributed by atoms with Gasteiger partial charge in [-0.25, -0.2) is 4.39 Å². The summed E-state index contributed by atoms with van der Waals surface area (Å²) >= 11 is 0. The minimum Gasteiger partial charge on any atom is -0.392 e. The van der Waals surface area contributed by atoms with Crippen LogP contribution in [0.2, 0.25) is 0 Å². The molecule has 1 saturated carbocycles. The quantitative estimate of drug-likeness (QED) is 0.867. The highest BCUT2D eigenvalue weighted by atomic mass is 19.1. The lowest BCUT2D eigenvalue weighted by atomic mass is 9.74. The van der Waals surface area contributed by atoms with E-state index < -0.39 is 6.10 Å². The van der Waals surface area contributed by atoms with Crippen LogP contribution in [0.4, 0.5) is 4.39 Å². The van der Waals surface area contributed by atoms with Gasteiger partial charge in [0.1, 0.15) is 5.82 Å². The monoisotopic (exact) mass is 251 g/mol. The molecular weight excluding hydrogens is 229 g/mol. The topological polar surface area (TPSA) is 46.2 Å². The maximum Gasteiger partial charge on any atom is 0.123 e. The third kappa shape index (κ3) is 2.29. The molecule has 0 saturated heterocycles. The molecule has 1 aliphatic rings. The largest absolute Gasteiger partial charge is 0.392 e. The molecule has 0 bridgehead atoms. The van der Waals surface area contributed by atoms with Crippen molar-refractivity contribution >= 4 is 0 Å². The fourth-order valence-electron chi connectivity index (χ4n) is 3.20. The smallest absolute Gasteiger partial charge is 0.123 e. The molecular formula is C15H22FNO. The lowest BCUT2D eigenvalue weighted by molar-refractivity contribution is -0.00466. The van der Waals surface area contributed by atoms with Gasteiger partial charge in [-0.05, 0) is 42.4 Å². The van der Waals surface area contributed by atoms with Gasteiger partial charge in [0, 0.05) is 12.0 Å². The minimum atomic E-state index is -0.432. The first-order valence-corrected chi connectivity index (χ1v) is 6.52. The van der Waals surface area contributed by atoms with E-state index in [-0.39, 0.29) is 16.6 Å². The predicted molar refractivity (Wildman–Crippen MR) is 70.6 cm³/mol. The lowest BCUT2D eigenvalue weighted by Gasteiger charge is -2.36. The molecule has 1 aromatic rings. The van der Waals surface area contributed by atoms with Crippen molar-refractivity contribution in [2.45, 2.75) is 39.2 Å². The third-order valence-corrected chi connectivity index (χ3v) is 4.44. The van der Waals surface area contributed by atoms with Gasteiger partial charge in [-0.15, -0.1) is 0 Å². The van der Waals surface area contributed by atoms with Gasteiger partial charge in [0.25, 0.3) is 0 Å². The van der Waals surface area contributed by atoms with E-state index in [0.29, 0.717) is 13.0 Å². The second-order valence-electron chi connectivity index (χ2n) is 6.26. The zero-order valence-corrected chi connectivity index (χ0v) is 11.1. The average Bonchev–Trinajstić information content (AvgIpc) is 2.54. The molecule has 2 nitrogen and oxygen atoms in total. The SMILES string of the molecule is CC1(C)CCC(CN)(Cc2cccc(F)c2)C1O. The van der Waals surface area contributed by atoms with E-state index in [1.165, 1.54) is 12.1 Å². The van der Waals surface area contributed by atoms with Crippen LogP contribution < -0.4 is 5.73 Å². The van der Waals surface area contributed by atoms with Crippen LogP contribution in [-0.4, -0.2) is 17.8 Å². The first kappa shape index (κ1) is 13.5. The van der Waals surface area contributed by atoms with Crippen molar-refractivity contribution in [1.29, 1.82) is 0 Å². The molecule has 2 atom stereocenters. The van der Waals surface area contributed by atoms with Gasteiger partial charge in [-0.3, -0.25) is 0 Å². The van der Waals surface area contributed by atoms with Crippen LogP contribution in [0.3, 0.4) is 0 Å². The summed E-state index contributed by atoms with van der Waals surface area (Å²) < 4.78 is 13.2. The maximum atomic E-state index is 13.2. The number of nitrogens with two attached hydrogens (primary N) is 1. The van der Waals surface area contributed by atoms with E-state index in [2.05, 4.69) is 13.8 Å². The normalized spacial score (nSPS) is 30.6. The van der Waals surface area contributed by atoms with E-state index >= 15 is 0 Å². The van der Waals surface area contributed by atoms with Crippen molar-refractivity contribution in [3.8, 4) is 0 Å². The van der Waals surface area contributed by atoms with E-state index in [4.69, 9.17) is 5.73 Å². The number of rotatable bonds is 3. The molecule has 2 rings (SSSR count). The second kappa shape index (κ2) is 4.63. The summed E-state index contributed by atoms with van der Waals surface area (Å²) in [5.41, 5.74) is 6.41. The highest BCUT2D eigenvalue weighted by Gasteiger charge is 2.50. The molecule has 0 amide bonds. The van der Waals surface area contributed by atoms with Crippen LogP contribution in [0, 0.1) is 16.6 Å². The van der Waals surface area contributed by atoms with Crippen molar-refractivity contribution < 1.29 is 9.50 Å². The molecule has 0 aromatic heterocycles. The van der Waals surface area contributed by atoms with Gasteiger partial charge in [0.05, 0.1) is 6.10 Å². The van der Waals surface area contributed by atoms with Gasteiger partial charge in [0.2, 0.25) is 0 Å². The fraction of sp³-hybridized carbons (Fsp3) is 0.600. The van der Waals surface area contributed by atoms with Gasteiger partial charge in [-0.1, -0.05) is 26.0 Å². The zero-order valence-electron chi connectivity index (χ0n) is 11.1. The summed E-state index contributed by atoms with van der Waals surface area (Å²) in [5.74, 6) is -0.230. The molecule has 100 valence electrons. The van der Waals surface area contributed by atoms with Crippen molar-refractivity contribution in [3.05, 3.63) is 35.6 Å². The molecule has 2 unspecified atom stereocenters. The summed E-state index contributed by atoms with van der Waals surface area (Å²) in [6.07, 6.45) is 2.07. The molecule has 3 N–H and O–H groups in total. The Labute approximate surface area is 108 Å². The van der Waals surface area contributed by atoms with Gasteiger partial charge in [-0.2, -0.15) is 0 Å². The molecule has 3 heteroatoms. The van der Waals surface area contributed by atoms with Crippen molar-refractivity contribution in [2.24, 2.45) is 16.6 Å². The summed E-state index contributed by atoms with van der Waals surface area (Å²) in [7, 11) is 0.